The summed E-state index contributed by atoms with van der Waals surface area (Å²) in [5, 5.41) is 3.93. The van der Waals surface area contributed by atoms with Gasteiger partial charge >= 0.3 is 0 Å². The Morgan fingerprint density at radius 2 is 2.09 bits per heavy atom. The van der Waals surface area contributed by atoms with Crippen molar-refractivity contribution in [3.8, 4) is 0 Å². The second-order valence-corrected chi connectivity index (χ2v) is 5.47. The van der Waals surface area contributed by atoms with Crippen molar-refractivity contribution in [1.82, 2.24) is 14.8 Å². The largest absolute Gasteiger partial charge is 0.338 e. The molecule has 1 aromatic heterocycles. The van der Waals surface area contributed by atoms with Gasteiger partial charge in [0.25, 0.3) is 0 Å². The van der Waals surface area contributed by atoms with E-state index < -0.39 is 0 Å². The van der Waals surface area contributed by atoms with E-state index in [1.165, 1.54) is 6.07 Å². The van der Waals surface area contributed by atoms with E-state index >= 15 is 0 Å². The molecular formula is C16H20ClN3O2. The second-order valence-electron chi connectivity index (χ2n) is 5.47. The molecule has 22 heavy (non-hydrogen) atoms. The number of benzene rings is 1. The van der Waals surface area contributed by atoms with E-state index in [-0.39, 0.29) is 36.3 Å². The smallest absolute Gasteiger partial charge is 0.242 e. The zero-order valence-electron chi connectivity index (χ0n) is 12.5. The van der Waals surface area contributed by atoms with Crippen LogP contribution in [0.4, 0.5) is 0 Å². The Labute approximate surface area is 135 Å². The van der Waals surface area contributed by atoms with Gasteiger partial charge < -0.3 is 14.8 Å². The summed E-state index contributed by atoms with van der Waals surface area (Å²) < 4.78 is 1.85. The molecule has 1 aromatic carbocycles. The number of para-hydroxylation sites is 1. The lowest BCUT2D eigenvalue weighted by molar-refractivity contribution is -0.134. The first kappa shape index (κ1) is 16.5. The number of aromatic nitrogens is 1. The molecular weight excluding hydrogens is 302 g/mol. The minimum Gasteiger partial charge on any atom is -0.338 e. The van der Waals surface area contributed by atoms with Crippen molar-refractivity contribution in [2.24, 2.45) is 0 Å². The number of hydrogen-bond donors (Lipinski definition) is 1. The monoisotopic (exact) mass is 321 g/mol. The summed E-state index contributed by atoms with van der Waals surface area (Å²) in [6.07, 6.45) is 1.70. The van der Waals surface area contributed by atoms with Gasteiger partial charge in [0.1, 0.15) is 6.54 Å². The number of pyridine rings is 1. The third-order valence-corrected chi connectivity index (χ3v) is 4.01. The lowest BCUT2D eigenvalue weighted by Gasteiger charge is -2.34. The van der Waals surface area contributed by atoms with Crippen LogP contribution in [-0.4, -0.2) is 41.1 Å². The number of nitrogens with one attached hydrogen (secondary N) is 1. The zero-order valence-corrected chi connectivity index (χ0v) is 13.3. The molecule has 3 rings (SSSR count). The molecule has 6 heteroatoms. The van der Waals surface area contributed by atoms with Crippen molar-refractivity contribution in [3.05, 3.63) is 46.8 Å². The normalized spacial score (nSPS) is 18.0. The maximum absolute atomic E-state index is 12.5. The molecule has 1 aliphatic heterocycles. The Kier molecular flexibility index (Phi) is 5.21. The van der Waals surface area contributed by atoms with Crippen LogP contribution in [0.25, 0.3) is 10.9 Å². The van der Waals surface area contributed by atoms with Gasteiger partial charge in [-0.3, -0.25) is 9.59 Å². The Morgan fingerprint density at radius 3 is 2.86 bits per heavy atom. The van der Waals surface area contributed by atoms with E-state index in [1.807, 2.05) is 34.6 Å². The van der Waals surface area contributed by atoms with E-state index in [1.54, 1.807) is 12.3 Å². The van der Waals surface area contributed by atoms with E-state index in [2.05, 4.69) is 5.32 Å². The Morgan fingerprint density at radius 1 is 1.32 bits per heavy atom. The number of piperazine rings is 1. The SMILES string of the molecule is C[C@@H]1CNCCN1C(=O)Cn1ccc(=O)c2ccccc21.Cl. The van der Waals surface area contributed by atoms with Gasteiger partial charge in [-0.15, -0.1) is 12.4 Å². The average Bonchev–Trinajstić information content (AvgIpc) is 2.51. The first-order chi connectivity index (χ1) is 10.2. The predicted octanol–water partition coefficient (Wildman–Crippen LogP) is 1.24. The van der Waals surface area contributed by atoms with Crippen LogP contribution in [0.3, 0.4) is 0 Å². The maximum Gasteiger partial charge on any atom is 0.242 e. The van der Waals surface area contributed by atoms with Crippen molar-refractivity contribution in [3.63, 3.8) is 0 Å². The summed E-state index contributed by atoms with van der Waals surface area (Å²) >= 11 is 0. The number of carbonyl (C=O) groups is 1. The average molecular weight is 322 g/mol. The molecule has 1 N–H and O–H groups in total. The highest BCUT2D eigenvalue weighted by molar-refractivity contribution is 5.85. The van der Waals surface area contributed by atoms with Crippen LogP contribution < -0.4 is 10.7 Å². The molecule has 0 bridgehead atoms. The fraction of sp³-hybridized carbons (Fsp3) is 0.375. The molecule has 2 heterocycles. The lowest BCUT2D eigenvalue weighted by Crippen LogP contribution is -2.53. The molecule has 1 fully saturated rings. The summed E-state index contributed by atoms with van der Waals surface area (Å²) in [6, 6.07) is 9.13. The molecule has 0 spiro atoms. The highest BCUT2D eigenvalue weighted by Gasteiger charge is 2.23. The molecule has 2 aromatic rings. The van der Waals surface area contributed by atoms with Gasteiger partial charge in [-0.1, -0.05) is 12.1 Å². The summed E-state index contributed by atoms with van der Waals surface area (Å²) in [5.41, 5.74) is 0.797. The minimum absolute atomic E-state index is 0. The molecule has 118 valence electrons. The number of hydrogen-bond acceptors (Lipinski definition) is 3. The molecule has 1 aliphatic rings. The summed E-state index contributed by atoms with van der Waals surface area (Å²) in [7, 11) is 0. The van der Waals surface area contributed by atoms with E-state index in [4.69, 9.17) is 0 Å². The molecule has 1 amide bonds. The Balaban J connectivity index is 0.00000176. The van der Waals surface area contributed by atoms with Gasteiger partial charge in [0.15, 0.2) is 5.43 Å². The van der Waals surface area contributed by atoms with Gasteiger partial charge in [0, 0.05) is 43.3 Å². The van der Waals surface area contributed by atoms with Crippen molar-refractivity contribution >= 4 is 29.2 Å². The maximum atomic E-state index is 12.5. The topological polar surface area (TPSA) is 54.3 Å². The van der Waals surface area contributed by atoms with Crippen molar-refractivity contribution in [2.75, 3.05) is 19.6 Å². The molecule has 0 unspecified atom stereocenters. The van der Waals surface area contributed by atoms with Crippen LogP contribution >= 0.6 is 12.4 Å². The molecule has 0 radical (unpaired) electrons. The van der Waals surface area contributed by atoms with Gasteiger partial charge in [-0.25, -0.2) is 0 Å². The standard InChI is InChI=1S/C16H19N3O2.ClH/c1-12-10-17-7-9-19(12)16(21)11-18-8-6-15(20)13-4-2-3-5-14(13)18;/h2-6,8,12,17H,7,9-11H2,1H3;1H/t12-;/m1./s1. The van der Waals surface area contributed by atoms with Gasteiger partial charge in [0.2, 0.25) is 5.91 Å². The van der Waals surface area contributed by atoms with Crippen molar-refractivity contribution in [1.29, 1.82) is 0 Å². The first-order valence-corrected chi connectivity index (χ1v) is 7.25. The molecule has 1 atom stereocenters. The van der Waals surface area contributed by atoms with Gasteiger partial charge in [-0.2, -0.15) is 0 Å². The number of amides is 1. The highest BCUT2D eigenvalue weighted by atomic mass is 35.5. The third-order valence-electron chi connectivity index (χ3n) is 4.01. The number of halogens is 1. The number of carbonyl (C=O) groups excluding carboxylic acids is 1. The van der Waals surface area contributed by atoms with Crippen LogP contribution in [0.5, 0.6) is 0 Å². The summed E-state index contributed by atoms with van der Waals surface area (Å²) in [4.78, 5) is 26.3. The second kappa shape index (κ2) is 6.94. The number of fused-ring (bicyclic) bond motifs is 1. The molecule has 0 aliphatic carbocycles. The zero-order chi connectivity index (χ0) is 14.8. The lowest BCUT2D eigenvalue weighted by atomic mass is 10.2. The molecule has 5 nitrogen and oxygen atoms in total. The van der Waals surface area contributed by atoms with Gasteiger partial charge in [0.05, 0.1) is 5.52 Å². The Bertz CT molecular complexity index is 729. The van der Waals surface area contributed by atoms with E-state index in [0.29, 0.717) is 5.39 Å². The predicted molar refractivity (Wildman–Crippen MR) is 89.5 cm³/mol. The van der Waals surface area contributed by atoms with E-state index in [0.717, 1.165) is 25.2 Å². The van der Waals surface area contributed by atoms with Crippen LogP contribution in [-0.2, 0) is 11.3 Å². The van der Waals surface area contributed by atoms with Crippen LogP contribution in [0.2, 0.25) is 0 Å². The van der Waals surface area contributed by atoms with Crippen LogP contribution in [0.15, 0.2) is 41.3 Å². The quantitative estimate of drug-likeness (QED) is 0.905. The molecule has 0 saturated carbocycles. The number of rotatable bonds is 2. The summed E-state index contributed by atoms with van der Waals surface area (Å²) in [6.45, 7) is 4.72. The first-order valence-electron chi connectivity index (χ1n) is 7.25. The fourth-order valence-electron chi connectivity index (χ4n) is 2.85. The fourth-order valence-corrected chi connectivity index (χ4v) is 2.85. The number of nitrogens with zero attached hydrogens (tertiary/aromatic N) is 2. The minimum atomic E-state index is -0.00941. The third kappa shape index (κ3) is 3.15. The van der Waals surface area contributed by atoms with Crippen LogP contribution in [0.1, 0.15) is 6.92 Å². The van der Waals surface area contributed by atoms with E-state index in [9.17, 15) is 9.59 Å². The Hall–Kier alpha value is -1.85. The summed E-state index contributed by atoms with van der Waals surface area (Å²) in [5.74, 6) is 0.0952. The molecule has 1 saturated heterocycles. The van der Waals surface area contributed by atoms with Crippen molar-refractivity contribution in [2.45, 2.75) is 19.5 Å². The highest BCUT2D eigenvalue weighted by Crippen LogP contribution is 2.11. The van der Waals surface area contributed by atoms with Crippen molar-refractivity contribution < 1.29 is 4.79 Å². The van der Waals surface area contributed by atoms with Crippen LogP contribution in [0, 0.1) is 0 Å². The van der Waals surface area contributed by atoms with Gasteiger partial charge in [-0.05, 0) is 19.1 Å².